The highest BCUT2D eigenvalue weighted by molar-refractivity contribution is 8.00. The Bertz CT molecular complexity index is 1090. The minimum atomic E-state index is 0.518. The third-order valence-corrected chi connectivity index (χ3v) is 5.99. The zero-order valence-corrected chi connectivity index (χ0v) is 16.4. The van der Waals surface area contributed by atoms with Crippen LogP contribution in [0.5, 0.6) is 0 Å². The number of rotatable bonds is 5. The number of thioether (sulfide) groups is 1. The zero-order chi connectivity index (χ0) is 17.9. The van der Waals surface area contributed by atoms with Gasteiger partial charge in [0.05, 0.1) is 11.4 Å². The smallest absolute Gasteiger partial charge is 0.237 e. The Morgan fingerprint density at radius 3 is 2.81 bits per heavy atom. The summed E-state index contributed by atoms with van der Waals surface area (Å²) in [5.41, 5.74) is 1.77. The maximum absolute atomic E-state index is 6.00. The van der Waals surface area contributed by atoms with E-state index >= 15 is 0 Å². The fourth-order valence-electron chi connectivity index (χ4n) is 2.23. The lowest BCUT2D eigenvalue weighted by molar-refractivity contribution is 0.391. The Kier molecular flexibility index (Phi) is 5.16. The van der Waals surface area contributed by atoms with Crippen LogP contribution in [0.15, 0.2) is 63.5 Å². The second-order valence-corrected chi connectivity index (χ2v) is 8.47. The van der Waals surface area contributed by atoms with E-state index in [0.717, 1.165) is 15.6 Å². The number of hydrogen-bond donors (Lipinski definition) is 0. The summed E-state index contributed by atoms with van der Waals surface area (Å²) in [6, 6.07) is 17.2. The van der Waals surface area contributed by atoms with E-state index < -0.39 is 0 Å². The predicted octanol–water partition coefficient (Wildman–Crippen LogP) is 5.66. The minimum absolute atomic E-state index is 0.518. The molecule has 2 aromatic carbocycles. The number of para-hydroxylation sites is 1. The topological polar surface area (TPSA) is 56.7 Å². The SMILES string of the molecule is S=c1sc(SCc2nc(-c3cccc(Cl)c3)no2)nn1-c1ccccc1. The van der Waals surface area contributed by atoms with Gasteiger partial charge < -0.3 is 4.52 Å². The monoisotopic (exact) mass is 418 g/mol. The van der Waals surface area contributed by atoms with E-state index in [-0.39, 0.29) is 0 Å². The standard InChI is InChI=1S/C17H11ClN4OS3/c18-12-6-4-5-11(9-12)15-19-14(23-21-15)10-25-16-20-22(17(24)26-16)13-7-2-1-3-8-13/h1-9H,10H2. The summed E-state index contributed by atoms with van der Waals surface area (Å²) in [5, 5.41) is 9.20. The molecule has 0 aliphatic carbocycles. The lowest BCUT2D eigenvalue weighted by atomic mass is 10.2. The van der Waals surface area contributed by atoms with Gasteiger partial charge in [-0.1, -0.05) is 70.2 Å². The molecule has 0 unspecified atom stereocenters. The van der Waals surface area contributed by atoms with E-state index in [1.165, 1.54) is 23.1 Å². The third kappa shape index (κ3) is 3.88. The van der Waals surface area contributed by atoms with Crippen LogP contribution in [-0.4, -0.2) is 19.9 Å². The first-order valence-electron chi connectivity index (χ1n) is 7.56. The number of aromatic nitrogens is 4. The first kappa shape index (κ1) is 17.4. The Morgan fingerprint density at radius 1 is 1.15 bits per heavy atom. The molecule has 4 aromatic rings. The zero-order valence-electron chi connectivity index (χ0n) is 13.2. The van der Waals surface area contributed by atoms with Crippen LogP contribution in [0.3, 0.4) is 0 Å². The van der Waals surface area contributed by atoms with Gasteiger partial charge in [-0.25, -0.2) is 4.68 Å². The quantitative estimate of drug-likeness (QED) is 0.308. The Morgan fingerprint density at radius 2 is 2.00 bits per heavy atom. The van der Waals surface area contributed by atoms with Crippen LogP contribution in [-0.2, 0) is 5.75 Å². The van der Waals surface area contributed by atoms with Gasteiger partial charge in [-0.15, -0.1) is 5.10 Å². The summed E-state index contributed by atoms with van der Waals surface area (Å²) in [7, 11) is 0. The Hall–Kier alpha value is -2.00. The van der Waals surface area contributed by atoms with Crippen molar-refractivity contribution in [2.45, 2.75) is 10.1 Å². The van der Waals surface area contributed by atoms with Gasteiger partial charge in [0, 0.05) is 10.6 Å². The van der Waals surface area contributed by atoms with E-state index in [0.29, 0.717) is 26.4 Å². The number of halogens is 1. The molecule has 0 saturated carbocycles. The van der Waals surface area contributed by atoms with Gasteiger partial charge in [-0.05, 0) is 36.5 Å². The molecule has 0 N–H and O–H groups in total. The van der Waals surface area contributed by atoms with Crippen LogP contribution in [0.1, 0.15) is 5.89 Å². The van der Waals surface area contributed by atoms with Crippen LogP contribution >= 0.6 is 46.9 Å². The van der Waals surface area contributed by atoms with E-state index in [1.807, 2.05) is 42.5 Å². The van der Waals surface area contributed by atoms with E-state index in [9.17, 15) is 0 Å². The molecule has 0 aliphatic rings. The van der Waals surface area contributed by atoms with Crippen molar-refractivity contribution in [1.29, 1.82) is 0 Å². The van der Waals surface area contributed by atoms with Crippen molar-refractivity contribution in [2.24, 2.45) is 0 Å². The van der Waals surface area contributed by atoms with Crippen LogP contribution in [0.2, 0.25) is 5.02 Å². The van der Waals surface area contributed by atoms with E-state index in [4.69, 9.17) is 28.3 Å². The predicted molar refractivity (Wildman–Crippen MR) is 107 cm³/mol. The molecule has 0 spiro atoms. The molecule has 5 nitrogen and oxygen atoms in total. The van der Waals surface area contributed by atoms with Crippen LogP contribution < -0.4 is 0 Å². The molecule has 0 radical (unpaired) electrons. The second kappa shape index (κ2) is 7.71. The first-order valence-corrected chi connectivity index (χ1v) is 10.1. The molecule has 0 aliphatic heterocycles. The van der Waals surface area contributed by atoms with Crippen LogP contribution in [0.4, 0.5) is 0 Å². The van der Waals surface area contributed by atoms with Gasteiger partial charge in [-0.3, -0.25) is 0 Å². The summed E-state index contributed by atoms with van der Waals surface area (Å²) in [6.45, 7) is 0. The Balaban J connectivity index is 1.48. The lowest BCUT2D eigenvalue weighted by Gasteiger charge is -1.98. The lowest BCUT2D eigenvalue weighted by Crippen LogP contribution is -1.95. The highest BCUT2D eigenvalue weighted by Gasteiger charge is 2.12. The minimum Gasteiger partial charge on any atom is -0.338 e. The highest BCUT2D eigenvalue weighted by atomic mass is 35.5. The van der Waals surface area contributed by atoms with Crippen LogP contribution in [0, 0.1) is 3.95 Å². The molecule has 2 aromatic heterocycles. The molecular weight excluding hydrogens is 408 g/mol. The summed E-state index contributed by atoms with van der Waals surface area (Å²) in [4.78, 5) is 4.41. The van der Waals surface area contributed by atoms with E-state index in [1.54, 1.807) is 16.8 Å². The van der Waals surface area contributed by atoms with Gasteiger partial charge in [0.25, 0.3) is 0 Å². The van der Waals surface area contributed by atoms with Crippen LogP contribution in [0.25, 0.3) is 17.1 Å². The maximum atomic E-state index is 6.00. The summed E-state index contributed by atoms with van der Waals surface area (Å²) in [6.07, 6.45) is 0. The molecule has 26 heavy (non-hydrogen) atoms. The van der Waals surface area contributed by atoms with Crippen molar-refractivity contribution in [3.05, 3.63) is 69.5 Å². The average molecular weight is 419 g/mol. The number of nitrogens with zero attached hydrogens (tertiary/aromatic N) is 4. The molecule has 0 saturated heterocycles. The van der Waals surface area contributed by atoms with Crippen molar-refractivity contribution in [3.8, 4) is 17.1 Å². The summed E-state index contributed by atoms with van der Waals surface area (Å²) < 4.78 is 8.63. The van der Waals surface area contributed by atoms with Gasteiger partial charge in [0.2, 0.25) is 11.7 Å². The van der Waals surface area contributed by atoms with Crippen molar-refractivity contribution in [1.82, 2.24) is 19.9 Å². The largest absolute Gasteiger partial charge is 0.338 e. The first-order chi connectivity index (χ1) is 12.7. The van der Waals surface area contributed by atoms with Crippen molar-refractivity contribution in [3.63, 3.8) is 0 Å². The molecule has 2 heterocycles. The summed E-state index contributed by atoms with van der Waals surface area (Å²) in [5.74, 6) is 1.56. The fraction of sp³-hybridized carbons (Fsp3) is 0.0588. The van der Waals surface area contributed by atoms with Crippen molar-refractivity contribution >= 4 is 46.9 Å². The molecular formula is C17H11ClN4OS3. The summed E-state index contributed by atoms with van der Waals surface area (Å²) >= 11 is 14.4. The third-order valence-electron chi connectivity index (χ3n) is 3.40. The second-order valence-electron chi connectivity index (χ2n) is 5.19. The molecule has 0 atom stereocenters. The molecule has 4 rings (SSSR count). The normalized spacial score (nSPS) is 11.0. The van der Waals surface area contributed by atoms with Gasteiger partial charge in [0.15, 0.2) is 8.29 Å². The fourth-order valence-corrected chi connectivity index (χ4v) is 4.62. The van der Waals surface area contributed by atoms with Gasteiger partial charge in [-0.2, -0.15) is 4.98 Å². The highest BCUT2D eigenvalue weighted by Crippen LogP contribution is 2.27. The number of hydrogen-bond acceptors (Lipinski definition) is 7. The van der Waals surface area contributed by atoms with Crippen molar-refractivity contribution < 1.29 is 4.52 Å². The molecule has 0 fully saturated rings. The van der Waals surface area contributed by atoms with Gasteiger partial charge >= 0.3 is 0 Å². The van der Waals surface area contributed by atoms with Crippen molar-refractivity contribution in [2.75, 3.05) is 0 Å². The molecule has 9 heteroatoms. The van der Waals surface area contributed by atoms with E-state index in [2.05, 4.69) is 15.2 Å². The number of benzene rings is 2. The maximum Gasteiger partial charge on any atom is 0.237 e. The molecule has 0 bridgehead atoms. The van der Waals surface area contributed by atoms with Gasteiger partial charge in [0.1, 0.15) is 0 Å². The Labute approximate surface area is 167 Å². The average Bonchev–Trinajstić information content (AvgIpc) is 3.27. The molecule has 130 valence electrons. The molecule has 0 amide bonds.